The highest BCUT2D eigenvalue weighted by atomic mass is 79.9. The molecule has 0 aliphatic heterocycles. The van der Waals surface area contributed by atoms with Gasteiger partial charge in [-0.1, -0.05) is 25.5 Å². The minimum Gasteiger partial charge on any atom is -0.507 e. The number of hydrogen-bond acceptors (Lipinski definition) is 4. The van der Waals surface area contributed by atoms with E-state index in [0.717, 1.165) is 6.42 Å². The molecule has 2 aromatic carbocycles. The Hall–Kier alpha value is -2.34. The van der Waals surface area contributed by atoms with Crippen molar-refractivity contribution in [2.45, 2.75) is 33.3 Å². The molecule has 0 bridgehead atoms. The average Bonchev–Trinajstić information content (AvgIpc) is 2.56. The molecule has 0 fully saturated rings. The Morgan fingerprint density at radius 1 is 1.16 bits per heavy atom. The van der Waals surface area contributed by atoms with E-state index in [-0.39, 0.29) is 29.3 Å². The highest BCUT2D eigenvalue weighted by Gasteiger charge is 2.17. The third-order valence-electron chi connectivity index (χ3n) is 3.81. The molecule has 2 rings (SSSR count). The van der Waals surface area contributed by atoms with Gasteiger partial charge in [0.05, 0.1) is 11.1 Å². The molecule has 0 spiro atoms. The van der Waals surface area contributed by atoms with Crippen molar-refractivity contribution < 1.29 is 24.5 Å². The smallest absolute Gasteiger partial charge is 0.336 e. The minimum atomic E-state index is -1.02. The van der Waals surface area contributed by atoms with Gasteiger partial charge in [-0.2, -0.15) is 0 Å². The molecule has 2 aromatic rings. The van der Waals surface area contributed by atoms with Crippen molar-refractivity contribution in [1.29, 1.82) is 0 Å². The number of ketones is 1. The Morgan fingerprint density at radius 3 is 2.48 bits per heavy atom. The molecule has 0 atom stereocenters. The molecule has 0 aliphatic carbocycles. The first kappa shape index (κ1) is 19.0. The Bertz CT molecular complexity index is 814. The molecular formula is C19H19BrO5. The zero-order valence-electron chi connectivity index (χ0n) is 14.0. The lowest BCUT2D eigenvalue weighted by Crippen LogP contribution is -2.05. The number of Topliss-reactive ketones (excluding diaryl/α,β-unsaturated/α-hetero) is 1. The van der Waals surface area contributed by atoms with Gasteiger partial charge in [0.15, 0.2) is 5.78 Å². The van der Waals surface area contributed by atoms with Gasteiger partial charge >= 0.3 is 5.97 Å². The number of hydrogen-bond donors (Lipinski definition) is 2. The summed E-state index contributed by atoms with van der Waals surface area (Å²) in [5.41, 5.74) is 1.69. The number of carbonyl (C=O) groups is 2. The van der Waals surface area contributed by atoms with Crippen molar-refractivity contribution in [1.82, 2.24) is 0 Å². The quantitative estimate of drug-likeness (QED) is 0.656. The molecule has 0 saturated carbocycles. The van der Waals surface area contributed by atoms with E-state index in [1.165, 1.54) is 19.1 Å². The summed E-state index contributed by atoms with van der Waals surface area (Å²) in [6.45, 7) is 3.51. The topological polar surface area (TPSA) is 83.8 Å². The van der Waals surface area contributed by atoms with Crippen LogP contribution in [0.25, 0.3) is 0 Å². The van der Waals surface area contributed by atoms with Crippen LogP contribution in [0.5, 0.6) is 11.5 Å². The van der Waals surface area contributed by atoms with Crippen LogP contribution in [0.4, 0.5) is 0 Å². The molecule has 132 valence electrons. The first-order valence-electron chi connectivity index (χ1n) is 7.86. The van der Waals surface area contributed by atoms with Gasteiger partial charge in [-0.3, -0.25) is 4.79 Å². The van der Waals surface area contributed by atoms with Crippen LogP contribution in [-0.4, -0.2) is 22.0 Å². The number of rotatable bonds is 7. The van der Waals surface area contributed by atoms with E-state index in [4.69, 9.17) is 4.74 Å². The Kier molecular flexibility index (Phi) is 6.20. The number of halogens is 1. The third kappa shape index (κ3) is 4.20. The lowest BCUT2D eigenvalue weighted by Gasteiger charge is -2.15. The SMILES string of the molecule is CCCc1c(OCc2cccc(C(=O)O)c2Br)ccc(C(C)=O)c1O. The van der Waals surface area contributed by atoms with Crippen molar-refractivity contribution in [3.05, 3.63) is 57.1 Å². The van der Waals surface area contributed by atoms with Gasteiger partial charge in [-0.25, -0.2) is 4.79 Å². The number of aromatic hydroxyl groups is 1. The summed E-state index contributed by atoms with van der Waals surface area (Å²) in [4.78, 5) is 22.8. The zero-order valence-corrected chi connectivity index (χ0v) is 15.6. The second-order valence-corrected chi connectivity index (χ2v) is 6.41. The number of carbonyl (C=O) groups excluding carboxylic acids is 1. The monoisotopic (exact) mass is 406 g/mol. The number of aromatic carboxylic acids is 1. The summed E-state index contributed by atoms with van der Waals surface area (Å²) >= 11 is 3.29. The lowest BCUT2D eigenvalue weighted by molar-refractivity contribution is 0.0695. The molecule has 0 unspecified atom stereocenters. The molecule has 0 aromatic heterocycles. The zero-order chi connectivity index (χ0) is 18.6. The van der Waals surface area contributed by atoms with Crippen molar-refractivity contribution in [2.24, 2.45) is 0 Å². The van der Waals surface area contributed by atoms with Crippen molar-refractivity contribution in [3.8, 4) is 11.5 Å². The van der Waals surface area contributed by atoms with Crippen molar-refractivity contribution in [3.63, 3.8) is 0 Å². The third-order valence-corrected chi connectivity index (χ3v) is 4.75. The Morgan fingerprint density at radius 2 is 1.88 bits per heavy atom. The fraction of sp³-hybridized carbons (Fsp3) is 0.263. The number of benzene rings is 2. The molecule has 0 heterocycles. The highest BCUT2D eigenvalue weighted by Crippen LogP contribution is 2.34. The number of carboxylic acids is 1. The lowest BCUT2D eigenvalue weighted by atomic mass is 10.0. The predicted octanol–water partition coefficient (Wildman–Crippen LogP) is 4.59. The molecule has 25 heavy (non-hydrogen) atoms. The van der Waals surface area contributed by atoms with Crippen LogP contribution in [0.1, 0.15) is 52.1 Å². The van der Waals surface area contributed by atoms with Gasteiger partial charge < -0.3 is 14.9 Å². The summed E-state index contributed by atoms with van der Waals surface area (Å²) in [7, 11) is 0. The van der Waals surface area contributed by atoms with Gasteiger partial charge in [0.25, 0.3) is 0 Å². The van der Waals surface area contributed by atoms with Gasteiger partial charge in [-0.05, 0) is 47.5 Å². The van der Waals surface area contributed by atoms with E-state index in [0.29, 0.717) is 27.8 Å². The summed E-state index contributed by atoms with van der Waals surface area (Å²) in [6.07, 6.45) is 1.35. The van der Waals surface area contributed by atoms with Gasteiger partial charge in [-0.15, -0.1) is 0 Å². The van der Waals surface area contributed by atoms with Crippen LogP contribution in [0, 0.1) is 0 Å². The minimum absolute atomic E-state index is 0.0507. The molecule has 0 radical (unpaired) electrons. The van der Waals surface area contributed by atoms with E-state index in [2.05, 4.69) is 15.9 Å². The molecule has 6 heteroatoms. The second kappa shape index (κ2) is 8.16. The van der Waals surface area contributed by atoms with E-state index in [1.54, 1.807) is 18.2 Å². The van der Waals surface area contributed by atoms with Crippen LogP contribution in [0.2, 0.25) is 0 Å². The first-order chi connectivity index (χ1) is 11.9. The largest absolute Gasteiger partial charge is 0.507 e. The Labute approximate surface area is 154 Å². The van der Waals surface area contributed by atoms with Crippen molar-refractivity contribution >= 4 is 27.7 Å². The second-order valence-electron chi connectivity index (χ2n) is 5.62. The molecule has 2 N–H and O–H groups in total. The van der Waals surface area contributed by atoms with Crippen LogP contribution < -0.4 is 4.74 Å². The highest BCUT2D eigenvalue weighted by molar-refractivity contribution is 9.10. The normalized spacial score (nSPS) is 10.5. The van der Waals surface area contributed by atoms with E-state index < -0.39 is 5.97 Å². The number of ether oxygens (including phenoxy) is 1. The predicted molar refractivity (Wildman–Crippen MR) is 97.5 cm³/mol. The molecule has 5 nitrogen and oxygen atoms in total. The molecule has 0 amide bonds. The van der Waals surface area contributed by atoms with E-state index in [9.17, 15) is 19.8 Å². The summed E-state index contributed by atoms with van der Waals surface area (Å²) in [6, 6.07) is 8.12. The maximum absolute atomic E-state index is 11.6. The van der Waals surface area contributed by atoms with Crippen molar-refractivity contribution in [2.75, 3.05) is 0 Å². The molecule has 0 saturated heterocycles. The summed E-state index contributed by atoms with van der Waals surface area (Å²) in [5.74, 6) is -0.802. The Balaban J connectivity index is 2.32. The number of phenols is 1. The van der Waals surface area contributed by atoms with Crippen LogP contribution in [0.15, 0.2) is 34.8 Å². The van der Waals surface area contributed by atoms with Crippen LogP contribution in [-0.2, 0) is 13.0 Å². The number of phenolic OH excluding ortho intramolecular Hbond substituents is 1. The summed E-state index contributed by atoms with van der Waals surface area (Å²) in [5, 5.41) is 19.5. The standard InChI is InChI=1S/C19H19BrO5/c1-3-5-14-16(9-8-13(11(2)21)18(14)22)25-10-12-6-4-7-15(17(12)20)19(23)24/h4,6-9,22H,3,5,10H2,1-2H3,(H,23,24). The molecule has 0 aliphatic rings. The first-order valence-corrected chi connectivity index (χ1v) is 8.65. The number of carboxylic acid groups (broad SMARTS) is 1. The van der Waals surface area contributed by atoms with Crippen LogP contribution in [0.3, 0.4) is 0 Å². The van der Waals surface area contributed by atoms with Gasteiger partial charge in [0.1, 0.15) is 18.1 Å². The van der Waals surface area contributed by atoms with Gasteiger partial charge in [0, 0.05) is 15.6 Å². The fourth-order valence-electron chi connectivity index (χ4n) is 2.54. The maximum Gasteiger partial charge on any atom is 0.336 e. The molecular weight excluding hydrogens is 388 g/mol. The maximum atomic E-state index is 11.6. The summed E-state index contributed by atoms with van der Waals surface area (Å²) < 4.78 is 6.27. The fourth-order valence-corrected chi connectivity index (χ4v) is 3.09. The van der Waals surface area contributed by atoms with E-state index in [1.807, 2.05) is 6.92 Å². The van der Waals surface area contributed by atoms with Gasteiger partial charge in [0.2, 0.25) is 0 Å². The van der Waals surface area contributed by atoms with Crippen LogP contribution >= 0.6 is 15.9 Å². The average molecular weight is 407 g/mol. The van der Waals surface area contributed by atoms with E-state index >= 15 is 0 Å².